The number of urea groups is 1. The van der Waals surface area contributed by atoms with Crippen LogP contribution in [0.2, 0.25) is 0 Å². The Labute approximate surface area is 113 Å². The fourth-order valence-corrected chi connectivity index (χ4v) is 2.46. The van der Waals surface area contributed by atoms with E-state index >= 15 is 0 Å². The average Bonchev–Trinajstić information content (AvgIpc) is 2.43. The van der Waals surface area contributed by atoms with Gasteiger partial charge in [-0.15, -0.1) is 0 Å². The van der Waals surface area contributed by atoms with Crippen LogP contribution in [0.25, 0.3) is 0 Å². The minimum absolute atomic E-state index is 0.0653. The fourth-order valence-electron chi connectivity index (χ4n) is 2.46. The molecule has 19 heavy (non-hydrogen) atoms. The number of piperidine rings is 1. The Morgan fingerprint density at radius 3 is 2.74 bits per heavy atom. The predicted octanol–water partition coefficient (Wildman–Crippen LogP) is 1.05. The van der Waals surface area contributed by atoms with Crippen molar-refractivity contribution in [2.75, 3.05) is 26.2 Å². The van der Waals surface area contributed by atoms with Crippen molar-refractivity contribution in [1.82, 2.24) is 10.2 Å². The molecule has 110 valence electrons. The highest BCUT2D eigenvalue weighted by molar-refractivity contribution is 5.74. The number of carboxylic acid groups (broad SMARTS) is 1. The van der Waals surface area contributed by atoms with Crippen LogP contribution < -0.4 is 5.32 Å². The van der Waals surface area contributed by atoms with Crippen LogP contribution in [0, 0.1) is 5.41 Å². The number of carbonyl (C=O) groups is 2. The number of rotatable bonds is 6. The second kappa shape index (κ2) is 7.33. The highest BCUT2D eigenvalue weighted by Gasteiger charge is 2.35. The zero-order chi connectivity index (χ0) is 14.3. The Bertz CT molecular complexity index is 316. The van der Waals surface area contributed by atoms with E-state index in [1.165, 1.54) is 0 Å². The molecule has 6 heteroatoms. The number of aliphatic carboxylic acids is 1. The molecule has 0 bridgehead atoms. The molecule has 0 spiro atoms. The first kappa shape index (κ1) is 15.8. The van der Waals surface area contributed by atoms with Crippen molar-refractivity contribution in [3.05, 3.63) is 0 Å². The van der Waals surface area contributed by atoms with Crippen molar-refractivity contribution in [1.29, 1.82) is 0 Å². The van der Waals surface area contributed by atoms with Crippen LogP contribution in [-0.2, 0) is 4.79 Å². The van der Waals surface area contributed by atoms with Gasteiger partial charge in [-0.1, -0.05) is 6.92 Å². The molecule has 1 aliphatic heterocycles. The van der Waals surface area contributed by atoms with E-state index in [2.05, 4.69) is 5.32 Å². The van der Waals surface area contributed by atoms with Gasteiger partial charge in [0.05, 0.1) is 6.61 Å². The average molecular weight is 272 g/mol. The van der Waals surface area contributed by atoms with Gasteiger partial charge in [0.25, 0.3) is 0 Å². The van der Waals surface area contributed by atoms with E-state index in [0.717, 1.165) is 19.3 Å². The van der Waals surface area contributed by atoms with Gasteiger partial charge in [0.15, 0.2) is 0 Å². The topological polar surface area (TPSA) is 89.9 Å². The molecule has 2 amide bonds. The number of aliphatic hydroxyl groups is 1. The zero-order valence-electron chi connectivity index (χ0n) is 11.5. The molecule has 0 aromatic heterocycles. The van der Waals surface area contributed by atoms with E-state index < -0.39 is 5.97 Å². The minimum atomic E-state index is -0.850. The van der Waals surface area contributed by atoms with E-state index in [-0.39, 0.29) is 24.5 Å². The van der Waals surface area contributed by atoms with E-state index in [0.29, 0.717) is 26.1 Å². The van der Waals surface area contributed by atoms with Crippen molar-refractivity contribution in [2.24, 2.45) is 5.41 Å². The van der Waals surface area contributed by atoms with Gasteiger partial charge in [0.1, 0.15) is 0 Å². The third kappa shape index (κ3) is 4.70. The van der Waals surface area contributed by atoms with Crippen molar-refractivity contribution in [3.63, 3.8) is 0 Å². The van der Waals surface area contributed by atoms with E-state index in [4.69, 9.17) is 5.11 Å². The summed E-state index contributed by atoms with van der Waals surface area (Å²) in [5.41, 5.74) is -0.170. The molecule has 0 aliphatic carbocycles. The van der Waals surface area contributed by atoms with Crippen LogP contribution >= 0.6 is 0 Å². The summed E-state index contributed by atoms with van der Waals surface area (Å²) in [6.07, 6.45) is 3.20. The quantitative estimate of drug-likeness (QED) is 0.630. The van der Waals surface area contributed by atoms with Gasteiger partial charge in [0, 0.05) is 31.5 Å². The fraction of sp³-hybridized carbons (Fsp3) is 0.846. The van der Waals surface area contributed by atoms with Gasteiger partial charge < -0.3 is 20.4 Å². The Balaban J connectivity index is 2.37. The molecule has 1 fully saturated rings. The number of amides is 2. The lowest BCUT2D eigenvalue weighted by Crippen LogP contribution is -2.51. The number of aliphatic hydroxyl groups excluding tert-OH is 1. The highest BCUT2D eigenvalue weighted by atomic mass is 16.4. The number of likely N-dealkylation sites (tertiary alicyclic amines) is 1. The van der Waals surface area contributed by atoms with Gasteiger partial charge in [-0.2, -0.15) is 0 Å². The summed E-state index contributed by atoms with van der Waals surface area (Å²) in [5.74, 6) is -0.850. The normalized spacial score (nSPS) is 23.2. The Morgan fingerprint density at radius 2 is 2.16 bits per heavy atom. The van der Waals surface area contributed by atoms with Gasteiger partial charge in [-0.25, -0.2) is 4.79 Å². The maximum Gasteiger partial charge on any atom is 0.317 e. The van der Waals surface area contributed by atoms with Crippen LogP contribution in [0.3, 0.4) is 0 Å². The molecule has 6 nitrogen and oxygen atoms in total. The number of hydrogen-bond acceptors (Lipinski definition) is 3. The Morgan fingerprint density at radius 1 is 1.42 bits per heavy atom. The first-order valence-corrected chi connectivity index (χ1v) is 6.88. The van der Waals surface area contributed by atoms with Crippen LogP contribution in [0.4, 0.5) is 4.79 Å². The molecule has 1 aliphatic rings. The molecule has 1 rings (SSSR count). The lowest BCUT2D eigenvalue weighted by atomic mass is 9.78. The van der Waals surface area contributed by atoms with Crippen molar-refractivity contribution >= 4 is 12.0 Å². The maximum absolute atomic E-state index is 11.9. The molecular weight excluding hydrogens is 248 g/mol. The number of carboxylic acids is 1. The van der Waals surface area contributed by atoms with E-state index in [1.54, 1.807) is 4.90 Å². The molecule has 0 saturated carbocycles. The summed E-state index contributed by atoms with van der Waals surface area (Å²) in [5, 5.41) is 20.7. The highest BCUT2D eigenvalue weighted by Crippen LogP contribution is 2.32. The van der Waals surface area contributed by atoms with Gasteiger partial charge >= 0.3 is 12.0 Å². The second-order valence-electron chi connectivity index (χ2n) is 5.27. The Hall–Kier alpha value is -1.30. The molecule has 0 radical (unpaired) electrons. The summed E-state index contributed by atoms with van der Waals surface area (Å²) in [7, 11) is 0. The molecule has 1 saturated heterocycles. The third-order valence-electron chi connectivity index (χ3n) is 3.88. The Kier molecular flexibility index (Phi) is 6.08. The molecule has 0 aromatic carbocycles. The standard InChI is InChI=1S/C13H24N2O4/c1-2-13(10-16)6-4-8-15(9-13)12(19)14-7-3-5-11(17)18/h16H,2-10H2,1H3,(H,14,19)(H,17,18). The van der Waals surface area contributed by atoms with Gasteiger partial charge in [-0.3, -0.25) is 4.79 Å². The lowest BCUT2D eigenvalue weighted by molar-refractivity contribution is -0.137. The number of nitrogens with zero attached hydrogens (tertiary/aromatic N) is 1. The summed E-state index contributed by atoms with van der Waals surface area (Å²) in [6.45, 7) is 3.79. The van der Waals surface area contributed by atoms with Crippen molar-refractivity contribution in [2.45, 2.75) is 39.0 Å². The summed E-state index contributed by atoms with van der Waals surface area (Å²) in [6, 6.07) is -0.156. The largest absolute Gasteiger partial charge is 0.481 e. The van der Waals surface area contributed by atoms with E-state index in [9.17, 15) is 14.7 Å². The number of carbonyl (C=O) groups excluding carboxylic acids is 1. The van der Waals surface area contributed by atoms with Crippen LogP contribution in [0.15, 0.2) is 0 Å². The summed E-state index contributed by atoms with van der Waals surface area (Å²) < 4.78 is 0. The lowest BCUT2D eigenvalue weighted by Gasteiger charge is -2.41. The third-order valence-corrected chi connectivity index (χ3v) is 3.88. The number of nitrogens with one attached hydrogen (secondary N) is 1. The maximum atomic E-state index is 11.9. The van der Waals surface area contributed by atoms with Gasteiger partial charge in [0.2, 0.25) is 0 Å². The second-order valence-corrected chi connectivity index (χ2v) is 5.27. The van der Waals surface area contributed by atoms with Crippen molar-refractivity contribution in [3.8, 4) is 0 Å². The molecular formula is C13H24N2O4. The smallest absolute Gasteiger partial charge is 0.317 e. The first-order valence-electron chi connectivity index (χ1n) is 6.88. The predicted molar refractivity (Wildman–Crippen MR) is 70.9 cm³/mol. The SMILES string of the molecule is CCC1(CO)CCCN(C(=O)NCCCC(=O)O)C1. The van der Waals surface area contributed by atoms with Crippen LogP contribution in [0.5, 0.6) is 0 Å². The van der Waals surface area contributed by atoms with Crippen LogP contribution in [-0.4, -0.2) is 53.4 Å². The monoisotopic (exact) mass is 272 g/mol. The zero-order valence-corrected chi connectivity index (χ0v) is 11.5. The van der Waals surface area contributed by atoms with Crippen molar-refractivity contribution < 1.29 is 19.8 Å². The van der Waals surface area contributed by atoms with Gasteiger partial charge in [-0.05, 0) is 25.7 Å². The minimum Gasteiger partial charge on any atom is -0.481 e. The van der Waals surface area contributed by atoms with Crippen LogP contribution in [0.1, 0.15) is 39.0 Å². The molecule has 1 unspecified atom stereocenters. The molecule has 1 atom stereocenters. The molecule has 3 N–H and O–H groups in total. The molecule has 1 heterocycles. The molecule has 0 aromatic rings. The summed E-state index contributed by atoms with van der Waals surface area (Å²) in [4.78, 5) is 24.0. The first-order chi connectivity index (χ1) is 9.03. The number of hydrogen-bond donors (Lipinski definition) is 3. The van der Waals surface area contributed by atoms with E-state index in [1.807, 2.05) is 6.92 Å². The summed E-state index contributed by atoms with van der Waals surface area (Å²) >= 11 is 0.